The Morgan fingerprint density at radius 2 is 2.20 bits per heavy atom. The van der Waals surface area contributed by atoms with Gasteiger partial charge in [0.2, 0.25) is 0 Å². The molecule has 0 spiro atoms. The summed E-state index contributed by atoms with van der Waals surface area (Å²) in [5.74, 6) is 0.493. The molecule has 0 bridgehead atoms. The number of nitrogen functional groups attached to an aromatic ring is 1. The largest absolute Gasteiger partial charge is 0.383 e. The lowest BCUT2D eigenvalue weighted by Gasteiger charge is -2.21. The van der Waals surface area contributed by atoms with E-state index in [2.05, 4.69) is 9.97 Å². The zero-order valence-corrected chi connectivity index (χ0v) is 15.4. The number of hydrogen-bond acceptors (Lipinski definition) is 6. The van der Waals surface area contributed by atoms with Crippen LogP contribution in [-0.2, 0) is 4.79 Å². The molecule has 0 atom stereocenters. The van der Waals surface area contributed by atoms with E-state index in [9.17, 15) is 4.79 Å². The number of carbonyl (C=O) groups excluding carboxylic acids is 1. The first-order valence-corrected chi connectivity index (χ1v) is 8.79. The summed E-state index contributed by atoms with van der Waals surface area (Å²) in [6.07, 6.45) is 11.0. The van der Waals surface area contributed by atoms with Crippen LogP contribution in [0.4, 0.5) is 5.82 Å². The van der Waals surface area contributed by atoms with Gasteiger partial charge < -0.3 is 5.73 Å². The van der Waals surface area contributed by atoms with E-state index in [-0.39, 0.29) is 5.91 Å². The van der Waals surface area contributed by atoms with E-state index in [1.165, 1.54) is 23.0 Å². The lowest BCUT2D eigenvalue weighted by Crippen LogP contribution is -2.30. The number of nitrogens with two attached hydrogens (primary N) is 1. The molecule has 0 radical (unpaired) electrons. The zero-order chi connectivity index (χ0) is 18.4. The second kappa shape index (κ2) is 8.64. The molecule has 0 aromatic carbocycles. The monoisotopic (exact) mass is 375 g/mol. The molecule has 1 aliphatic rings. The highest BCUT2D eigenvalue weighted by molar-refractivity contribution is 7.99. The maximum atomic E-state index is 12.8. The number of fused-ring (bicyclic) bond motifs is 1. The molecule has 0 fully saturated rings. The van der Waals surface area contributed by atoms with Crippen molar-refractivity contribution in [3.05, 3.63) is 52.5 Å². The summed E-state index contributed by atoms with van der Waals surface area (Å²) in [6, 6.07) is 0. The van der Waals surface area contributed by atoms with Gasteiger partial charge >= 0.3 is 0 Å². The summed E-state index contributed by atoms with van der Waals surface area (Å²) in [6.45, 7) is 3.60. The van der Waals surface area contributed by atoms with Gasteiger partial charge in [-0.3, -0.25) is 15.1 Å². The summed E-state index contributed by atoms with van der Waals surface area (Å²) in [5.41, 5.74) is 7.61. The first-order chi connectivity index (χ1) is 12.0. The number of nitrogens with one attached hydrogen (secondary N) is 1. The highest BCUT2D eigenvalue weighted by Gasteiger charge is 2.23. The summed E-state index contributed by atoms with van der Waals surface area (Å²) >= 11 is 7.42. The van der Waals surface area contributed by atoms with Crippen molar-refractivity contribution in [2.24, 2.45) is 0 Å². The average Bonchev–Trinajstić information content (AvgIpc) is 2.61. The molecule has 8 heteroatoms. The normalized spacial score (nSPS) is 14.9. The third kappa shape index (κ3) is 4.58. The van der Waals surface area contributed by atoms with E-state index >= 15 is 0 Å². The summed E-state index contributed by atoms with van der Waals surface area (Å²) in [7, 11) is 0. The van der Waals surface area contributed by atoms with Gasteiger partial charge in [-0.1, -0.05) is 17.7 Å². The third-order valence-corrected chi connectivity index (χ3v) is 4.68. The molecule has 2 rings (SSSR count). The maximum Gasteiger partial charge on any atom is 0.260 e. The van der Waals surface area contributed by atoms with E-state index in [1.807, 2.05) is 13.0 Å². The summed E-state index contributed by atoms with van der Waals surface area (Å²) in [5, 5.41) is 8.86. The van der Waals surface area contributed by atoms with E-state index in [1.54, 1.807) is 31.2 Å². The molecule has 1 amide bonds. The van der Waals surface area contributed by atoms with Crippen LogP contribution < -0.4 is 5.73 Å². The van der Waals surface area contributed by atoms with Crippen LogP contribution in [0.2, 0.25) is 0 Å². The number of rotatable bonds is 5. The SMILES string of the molecule is C\C=C/C(Cl)=C\C=C(/C)N(C=N)C(=O)C1=Cc2c(N)ncnc2SC1. The first kappa shape index (κ1) is 19.0. The molecule has 25 heavy (non-hydrogen) atoms. The molecule has 2 heterocycles. The highest BCUT2D eigenvalue weighted by atomic mass is 35.5. The molecule has 0 saturated heterocycles. The molecule has 0 unspecified atom stereocenters. The molecular weight excluding hydrogens is 358 g/mol. The van der Waals surface area contributed by atoms with Gasteiger partial charge in [-0.2, -0.15) is 0 Å². The van der Waals surface area contributed by atoms with Crippen LogP contribution in [0, 0.1) is 5.41 Å². The van der Waals surface area contributed by atoms with E-state index in [0.29, 0.717) is 33.4 Å². The van der Waals surface area contributed by atoms with Crippen molar-refractivity contribution in [3.63, 3.8) is 0 Å². The third-order valence-electron chi connectivity index (χ3n) is 3.37. The van der Waals surface area contributed by atoms with Gasteiger partial charge in [0.1, 0.15) is 17.2 Å². The van der Waals surface area contributed by atoms with E-state index in [0.717, 1.165) is 11.4 Å². The zero-order valence-electron chi connectivity index (χ0n) is 13.9. The Bertz CT molecular complexity index is 813. The standard InChI is InChI=1S/C17H18ClN5OS/c1-3-4-13(18)6-5-11(2)23(9-19)17(24)12-7-14-15(20)21-10-22-16(14)25-8-12/h3-7,9-10,19H,8H2,1-2H3,(H2,20,21,22)/b4-3-,11-5+,13-6+,19-9?. The fourth-order valence-electron chi connectivity index (χ4n) is 2.10. The number of carbonyl (C=O) groups is 1. The number of halogens is 1. The predicted molar refractivity (Wildman–Crippen MR) is 103 cm³/mol. The molecule has 6 nitrogen and oxygen atoms in total. The lowest BCUT2D eigenvalue weighted by atomic mass is 10.1. The van der Waals surface area contributed by atoms with Crippen LogP contribution in [0.25, 0.3) is 6.08 Å². The minimum atomic E-state index is -0.291. The maximum absolute atomic E-state index is 12.8. The Morgan fingerprint density at radius 3 is 2.88 bits per heavy atom. The first-order valence-electron chi connectivity index (χ1n) is 7.42. The Morgan fingerprint density at radius 1 is 1.44 bits per heavy atom. The summed E-state index contributed by atoms with van der Waals surface area (Å²) < 4.78 is 0. The van der Waals surface area contributed by atoms with Gasteiger partial charge in [-0.25, -0.2) is 9.97 Å². The van der Waals surface area contributed by atoms with Gasteiger partial charge in [-0.15, -0.1) is 11.8 Å². The van der Waals surface area contributed by atoms with Crippen molar-refractivity contribution < 1.29 is 4.79 Å². The number of amides is 1. The number of anilines is 1. The van der Waals surface area contributed by atoms with Crippen LogP contribution in [-0.4, -0.2) is 32.9 Å². The number of thioether (sulfide) groups is 1. The Labute approximate surface area is 155 Å². The second-order valence-electron chi connectivity index (χ2n) is 5.10. The molecule has 1 aliphatic heterocycles. The number of allylic oxidation sites excluding steroid dienone is 6. The molecule has 0 aliphatic carbocycles. The lowest BCUT2D eigenvalue weighted by molar-refractivity contribution is -0.121. The van der Waals surface area contributed by atoms with Crippen LogP contribution >= 0.6 is 23.4 Å². The van der Waals surface area contributed by atoms with Crippen molar-refractivity contribution in [2.75, 3.05) is 11.5 Å². The fourth-order valence-corrected chi connectivity index (χ4v) is 3.23. The van der Waals surface area contributed by atoms with Crippen molar-refractivity contribution in [1.29, 1.82) is 5.41 Å². The van der Waals surface area contributed by atoms with Crippen molar-refractivity contribution >= 4 is 47.5 Å². The van der Waals surface area contributed by atoms with Crippen LogP contribution in [0.5, 0.6) is 0 Å². The quantitative estimate of drug-likeness (QED) is 0.355. The minimum absolute atomic E-state index is 0.291. The highest BCUT2D eigenvalue weighted by Crippen LogP contribution is 2.33. The van der Waals surface area contributed by atoms with Gasteiger partial charge in [0, 0.05) is 27.6 Å². The van der Waals surface area contributed by atoms with Crippen LogP contribution in [0.1, 0.15) is 19.4 Å². The van der Waals surface area contributed by atoms with Gasteiger partial charge in [0.25, 0.3) is 5.91 Å². The van der Waals surface area contributed by atoms with Crippen molar-refractivity contribution in [3.8, 4) is 0 Å². The van der Waals surface area contributed by atoms with E-state index in [4.69, 9.17) is 22.7 Å². The van der Waals surface area contributed by atoms with Gasteiger partial charge in [0.05, 0.1) is 6.34 Å². The molecule has 1 aromatic heterocycles. The van der Waals surface area contributed by atoms with E-state index < -0.39 is 0 Å². The van der Waals surface area contributed by atoms with Gasteiger partial charge in [-0.05, 0) is 38.2 Å². The number of hydrogen-bond donors (Lipinski definition) is 2. The second-order valence-corrected chi connectivity index (χ2v) is 6.50. The molecular formula is C17H18ClN5OS. The predicted octanol–water partition coefficient (Wildman–Crippen LogP) is 3.59. The number of aromatic nitrogens is 2. The minimum Gasteiger partial charge on any atom is -0.383 e. The molecule has 130 valence electrons. The topological polar surface area (TPSA) is 96.0 Å². The Hall–Kier alpha value is -2.38. The number of nitrogens with zero attached hydrogens (tertiary/aromatic N) is 3. The Kier molecular flexibility index (Phi) is 6.55. The Balaban J connectivity index is 2.29. The van der Waals surface area contributed by atoms with Crippen molar-refractivity contribution in [1.82, 2.24) is 14.9 Å². The van der Waals surface area contributed by atoms with Crippen molar-refractivity contribution in [2.45, 2.75) is 18.9 Å². The van der Waals surface area contributed by atoms with Crippen LogP contribution in [0.15, 0.2) is 52.0 Å². The molecule has 0 saturated carbocycles. The average molecular weight is 376 g/mol. The summed E-state index contributed by atoms with van der Waals surface area (Å²) in [4.78, 5) is 22.1. The fraction of sp³-hybridized carbons (Fsp3) is 0.176. The van der Waals surface area contributed by atoms with Crippen LogP contribution in [0.3, 0.4) is 0 Å². The smallest absolute Gasteiger partial charge is 0.260 e. The molecule has 1 aromatic rings. The van der Waals surface area contributed by atoms with Gasteiger partial charge in [0.15, 0.2) is 0 Å². The molecule has 3 N–H and O–H groups in total.